The summed E-state index contributed by atoms with van der Waals surface area (Å²) < 4.78 is 117. The van der Waals surface area contributed by atoms with Gasteiger partial charge in [0.05, 0.1) is 21.3 Å². The van der Waals surface area contributed by atoms with Gasteiger partial charge in [-0.2, -0.15) is 18.3 Å². The van der Waals surface area contributed by atoms with E-state index in [-0.39, 0.29) is 10.7 Å². The fraction of sp³-hybridized carbons (Fsp3) is 0.550. The SMILES string of the molecule is CC1(Cn2nc(C3CC3(F)F)c(C(F)(F)F)c2C(=O)Nc2ccnc([S@](C)(=N)=O)c2)CC(F)(F)C1. The standard InChI is InChI=1S/C20H20F7N5O2S/c1-17(7-18(21,22)8-17)9-32-15(13(20(25,26)27)14(31-32)11-6-19(11,23)24)16(33)30-10-3-4-29-12(5-10)35(2,28)34/h3-5,11,28H,6-9H2,1-2H3,(H,29,30,33)/t11?,35-/m1/s1. The molecule has 0 bridgehead atoms. The first-order chi connectivity index (χ1) is 15.8. The van der Waals surface area contributed by atoms with Crippen molar-refractivity contribution in [3.05, 3.63) is 35.3 Å². The molecule has 4 rings (SSSR count). The van der Waals surface area contributed by atoms with Crippen LogP contribution in [0.2, 0.25) is 0 Å². The molecule has 2 atom stereocenters. The fourth-order valence-electron chi connectivity index (χ4n) is 4.42. The molecule has 2 N–H and O–H groups in total. The van der Waals surface area contributed by atoms with Gasteiger partial charge < -0.3 is 5.32 Å². The van der Waals surface area contributed by atoms with E-state index >= 15 is 0 Å². The molecule has 0 spiro atoms. The molecule has 0 radical (unpaired) electrons. The van der Waals surface area contributed by atoms with Crippen molar-refractivity contribution in [2.45, 2.75) is 61.7 Å². The van der Waals surface area contributed by atoms with Gasteiger partial charge in [0.15, 0.2) is 0 Å². The van der Waals surface area contributed by atoms with Crippen LogP contribution < -0.4 is 5.32 Å². The van der Waals surface area contributed by atoms with Crippen molar-refractivity contribution in [1.82, 2.24) is 14.8 Å². The summed E-state index contributed by atoms with van der Waals surface area (Å²) in [4.78, 5) is 16.8. The summed E-state index contributed by atoms with van der Waals surface area (Å²) in [5.41, 5.74) is -5.11. The van der Waals surface area contributed by atoms with Crippen LogP contribution in [0.3, 0.4) is 0 Å². The van der Waals surface area contributed by atoms with Crippen molar-refractivity contribution in [1.29, 1.82) is 4.78 Å². The van der Waals surface area contributed by atoms with Crippen LogP contribution in [0.4, 0.5) is 36.4 Å². The van der Waals surface area contributed by atoms with E-state index in [1.54, 1.807) is 0 Å². The monoisotopic (exact) mass is 527 g/mol. The zero-order chi connectivity index (χ0) is 26.2. The largest absolute Gasteiger partial charge is 0.420 e. The number of aromatic nitrogens is 3. The maximum Gasteiger partial charge on any atom is 0.420 e. The number of pyridine rings is 1. The maximum absolute atomic E-state index is 14.1. The van der Waals surface area contributed by atoms with Crippen LogP contribution in [-0.2, 0) is 22.5 Å². The van der Waals surface area contributed by atoms with Crippen LogP contribution in [0, 0.1) is 10.2 Å². The highest BCUT2D eigenvalue weighted by molar-refractivity contribution is 7.91. The van der Waals surface area contributed by atoms with Gasteiger partial charge in [-0.05, 0) is 17.5 Å². The Kier molecular flexibility index (Phi) is 5.54. The number of carbonyl (C=O) groups excluding carboxylic acids is 1. The van der Waals surface area contributed by atoms with Gasteiger partial charge in [-0.15, -0.1) is 0 Å². The van der Waals surface area contributed by atoms with Gasteiger partial charge >= 0.3 is 6.18 Å². The molecule has 2 fully saturated rings. The minimum Gasteiger partial charge on any atom is -0.320 e. The van der Waals surface area contributed by atoms with E-state index in [9.17, 15) is 39.7 Å². The minimum atomic E-state index is -5.24. The third kappa shape index (κ3) is 5.00. The molecular weight excluding hydrogens is 507 g/mol. The molecule has 0 aliphatic heterocycles. The molecule has 0 saturated heterocycles. The van der Waals surface area contributed by atoms with Gasteiger partial charge in [-0.1, -0.05) is 6.92 Å². The highest BCUT2D eigenvalue weighted by Gasteiger charge is 2.62. The number of anilines is 1. The summed E-state index contributed by atoms with van der Waals surface area (Å²) in [5, 5.41) is 5.61. The average molecular weight is 527 g/mol. The Morgan fingerprint density at radius 1 is 1.29 bits per heavy atom. The fourth-order valence-corrected chi connectivity index (χ4v) is 5.03. The first-order valence-electron chi connectivity index (χ1n) is 10.3. The molecule has 35 heavy (non-hydrogen) atoms. The van der Waals surface area contributed by atoms with E-state index in [0.717, 1.165) is 18.5 Å². The second-order valence-electron chi connectivity index (χ2n) is 9.48. The third-order valence-corrected chi connectivity index (χ3v) is 6.95. The molecule has 2 saturated carbocycles. The van der Waals surface area contributed by atoms with Crippen LogP contribution in [0.15, 0.2) is 23.4 Å². The molecule has 7 nitrogen and oxygen atoms in total. The molecule has 15 heteroatoms. The Hall–Kier alpha value is -2.71. The molecule has 1 amide bonds. The summed E-state index contributed by atoms with van der Waals surface area (Å²) in [6.45, 7) is 0.859. The topological polar surface area (TPSA) is 101 Å². The number of rotatable bonds is 6. The normalized spacial score (nSPS) is 23.7. The van der Waals surface area contributed by atoms with Gasteiger partial charge in [0.2, 0.25) is 5.92 Å². The average Bonchev–Trinajstić information content (AvgIpc) is 3.11. The number of hydrogen-bond donors (Lipinski definition) is 2. The van der Waals surface area contributed by atoms with Crippen LogP contribution in [0.25, 0.3) is 0 Å². The molecule has 2 aromatic rings. The number of halogens is 7. The molecule has 2 aromatic heterocycles. The highest BCUT2D eigenvalue weighted by atomic mass is 32.2. The number of carbonyl (C=O) groups is 1. The lowest BCUT2D eigenvalue weighted by atomic mass is 9.67. The van der Waals surface area contributed by atoms with Gasteiger partial charge in [-0.25, -0.2) is 31.5 Å². The minimum absolute atomic E-state index is 0.151. The van der Waals surface area contributed by atoms with Crippen molar-refractivity contribution in [2.24, 2.45) is 5.41 Å². The smallest absolute Gasteiger partial charge is 0.320 e. The van der Waals surface area contributed by atoms with Crippen LogP contribution in [-0.4, -0.2) is 43.0 Å². The highest BCUT2D eigenvalue weighted by Crippen LogP contribution is 2.58. The number of alkyl halides is 7. The summed E-state index contributed by atoms with van der Waals surface area (Å²) in [7, 11) is -3.32. The van der Waals surface area contributed by atoms with E-state index in [1.165, 1.54) is 13.0 Å². The quantitative estimate of drug-likeness (QED) is 0.508. The summed E-state index contributed by atoms with van der Waals surface area (Å²) in [5.74, 6) is -9.70. The molecule has 2 aliphatic carbocycles. The lowest BCUT2D eigenvalue weighted by molar-refractivity contribution is -0.160. The summed E-state index contributed by atoms with van der Waals surface area (Å²) in [6.07, 6.45) is -5.33. The molecule has 1 unspecified atom stereocenters. The third-order valence-electron chi connectivity index (χ3n) is 5.93. The second-order valence-corrected chi connectivity index (χ2v) is 11.6. The van der Waals surface area contributed by atoms with Gasteiger partial charge in [0, 0.05) is 43.9 Å². The second kappa shape index (κ2) is 7.64. The molecule has 192 valence electrons. The number of nitrogens with zero attached hydrogens (tertiary/aromatic N) is 3. The van der Waals surface area contributed by atoms with Crippen molar-refractivity contribution >= 4 is 21.3 Å². The summed E-state index contributed by atoms with van der Waals surface area (Å²) >= 11 is 0. The van der Waals surface area contributed by atoms with Crippen molar-refractivity contribution in [2.75, 3.05) is 11.6 Å². The predicted molar refractivity (Wildman–Crippen MR) is 109 cm³/mol. The molecular formula is C20H20F7N5O2S. The van der Waals surface area contributed by atoms with Crippen LogP contribution >= 0.6 is 0 Å². The van der Waals surface area contributed by atoms with Crippen LogP contribution in [0.5, 0.6) is 0 Å². The van der Waals surface area contributed by atoms with Crippen LogP contribution in [0.1, 0.15) is 53.8 Å². The van der Waals surface area contributed by atoms with E-state index in [4.69, 9.17) is 4.78 Å². The predicted octanol–water partition coefficient (Wildman–Crippen LogP) is 5.14. The Bertz CT molecular complexity index is 1300. The van der Waals surface area contributed by atoms with E-state index in [1.807, 2.05) is 0 Å². The lowest BCUT2D eigenvalue weighted by Crippen LogP contribution is -2.47. The Labute approximate surface area is 195 Å². The van der Waals surface area contributed by atoms with Gasteiger partial charge in [-0.3, -0.25) is 9.48 Å². The first-order valence-corrected chi connectivity index (χ1v) is 12.2. The molecule has 0 aromatic carbocycles. The Morgan fingerprint density at radius 3 is 2.37 bits per heavy atom. The van der Waals surface area contributed by atoms with Crippen molar-refractivity contribution in [3.8, 4) is 0 Å². The van der Waals surface area contributed by atoms with Gasteiger partial charge in [0.1, 0.15) is 16.3 Å². The number of hydrogen-bond acceptors (Lipinski definition) is 5. The maximum atomic E-state index is 14.1. The molecule has 2 heterocycles. The zero-order valence-electron chi connectivity index (χ0n) is 18.3. The van der Waals surface area contributed by atoms with E-state index in [2.05, 4.69) is 15.4 Å². The van der Waals surface area contributed by atoms with E-state index in [0.29, 0.717) is 4.68 Å². The zero-order valence-corrected chi connectivity index (χ0v) is 19.2. The first kappa shape index (κ1) is 25.4. The van der Waals surface area contributed by atoms with Crippen molar-refractivity contribution in [3.63, 3.8) is 0 Å². The van der Waals surface area contributed by atoms with Crippen molar-refractivity contribution < 1.29 is 39.7 Å². The molecule has 2 aliphatic rings. The Morgan fingerprint density at radius 2 is 1.89 bits per heavy atom. The lowest BCUT2D eigenvalue weighted by Gasteiger charge is -2.44. The van der Waals surface area contributed by atoms with E-state index < -0.39 is 87.7 Å². The van der Waals surface area contributed by atoms with Gasteiger partial charge in [0.25, 0.3) is 11.8 Å². The number of amides is 1. The summed E-state index contributed by atoms with van der Waals surface area (Å²) in [6, 6.07) is 2.20. The number of nitrogens with one attached hydrogen (secondary N) is 2. The Balaban J connectivity index is 1.78.